The molecular formula is C22H28N4O2S. The minimum Gasteiger partial charge on any atom is -0.468 e. The number of imidazole rings is 1. The van der Waals surface area contributed by atoms with Crippen LogP contribution in [0.4, 0.5) is 0 Å². The van der Waals surface area contributed by atoms with Crippen LogP contribution in [0.15, 0.2) is 64.5 Å². The molecule has 7 heteroatoms. The topological polar surface area (TPSA) is 63.3 Å². The fourth-order valence-electron chi connectivity index (χ4n) is 3.35. The first-order chi connectivity index (χ1) is 14.1. The van der Waals surface area contributed by atoms with E-state index in [1.165, 1.54) is 11.8 Å². The number of nitrogens with one attached hydrogen (secondary N) is 1. The number of benzene rings is 1. The van der Waals surface area contributed by atoms with Gasteiger partial charge in [-0.1, -0.05) is 55.9 Å². The summed E-state index contributed by atoms with van der Waals surface area (Å²) in [4.78, 5) is 19.2. The van der Waals surface area contributed by atoms with E-state index in [0.29, 0.717) is 12.3 Å². The van der Waals surface area contributed by atoms with Crippen LogP contribution in [0.5, 0.6) is 0 Å². The van der Waals surface area contributed by atoms with Crippen LogP contribution in [0.2, 0.25) is 0 Å². The van der Waals surface area contributed by atoms with Crippen molar-refractivity contribution >= 4 is 17.7 Å². The second-order valence-corrected chi connectivity index (χ2v) is 7.64. The Morgan fingerprint density at radius 2 is 1.97 bits per heavy atom. The molecule has 0 radical (unpaired) electrons. The van der Waals surface area contributed by atoms with E-state index >= 15 is 0 Å². The number of rotatable bonds is 10. The molecule has 0 bridgehead atoms. The highest BCUT2D eigenvalue weighted by Crippen LogP contribution is 2.25. The number of hydrogen-bond acceptors (Lipinski definition) is 5. The number of nitrogens with zero attached hydrogens (tertiary/aromatic N) is 3. The molecule has 3 aromatic rings. The average Bonchev–Trinajstić information content (AvgIpc) is 3.40. The van der Waals surface area contributed by atoms with Gasteiger partial charge in [0.05, 0.1) is 29.9 Å². The van der Waals surface area contributed by atoms with Gasteiger partial charge < -0.3 is 14.3 Å². The maximum atomic E-state index is 12.5. The van der Waals surface area contributed by atoms with Gasteiger partial charge in [0.1, 0.15) is 5.76 Å². The van der Waals surface area contributed by atoms with Crippen LogP contribution in [0.3, 0.4) is 0 Å². The van der Waals surface area contributed by atoms with Gasteiger partial charge in [0.15, 0.2) is 5.16 Å². The molecule has 0 aliphatic carbocycles. The predicted molar refractivity (Wildman–Crippen MR) is 117 cm³/mol. The molecule has 0 fully saturated rings. The maximum Gasteiger partial charge on any atom is 0.230 e. The first-order valence-electron chi connectivity index (χ1n) is 9.88. The highest BCUT2D eigenvalue weighted by atomic mass is 32.2. The quantitative estimate of drug-likeness (QED) is 0.511. The lowest BCUT2D eigenvalue weighted by molar-refractivity contribution is -0.118. The molecule has 29 heavy (non-hydrogen) atoms. The van der Waals surface area contributed by atoms with Crippen molar-refractivity contribution < 1.29 is 9.21 Å². The number of amides is 1. The molecule has 0 saturated carbocycles. The van der Waals surface area contributed by atoms with Gasteiger partial charge in [-0.2, -0.15) is 0 Å². The maximum absolute atomic E-state index is 12.5. The average molecular weight is 413 g/mol. The highest BCUT2D eigenvalue weighted by molar-refractivity contribution is 7.99. The zero-order valence-electron chi connectivity index (χ0n) is 17.2. The molecule has 1 amide bonds. The van der Waals surface area contributed by atoms with E-state index in [0.717, 1.165) is 35.3 Å². The number of carbonyl (C=O) groups excluding carboxylic acids is 1. The van der Waals surface area contributed by atoms with Crippen LogP contribution >= 0.6 is 11.8 Å². The summed E-state index contributed by atoms with van der Waals surface area (Å²) in [5.74, 6) is 1.18. The summed E-state index contributed by atoms with van der Waals surface area (Å²) in [6, 6.07) is 14.0. The summed E-state index contributed by atoms with van der Waals surface area (Å²) >= 11 is 1.44. The lowest BCUT2D eigenvalue weighted by Crippen LogP contribution is -2.38. The molecule has 2 heterocycles. The van der Waals surface area contributed by atoms with E-state index in [-0.39, 0.29) is 11.9 Å². The van der Waals surface area contributed by atoms with Crippen molar-refractivity contribution in [3.63, 3.8) is 0 Å². The number of likely N-dealkylation sites (N-methyl/N-ethyl adjacent to an activating group) is 1. The Labute approximate surface area is 176 Å². The van der Waals surface area contributed by atoms with Crippen LogP contribution in [0.1, 0.15) is 25.6 Å². The second-order valence-electron chi connectivity index (χ2n) is 6.70. The minimum atomic E-state index is -0.0111. The zero-order chi connectivity index (χ0) is 20.6. The van der Waals surface area contributed by atoms with Gasteiger partial charge in [-0.3, -0.25) is 9.69 Å². The molecule has 0 spiro atoms. The summed E-state index contributed by atoms with van der Waals surface area (Å²) < 4.78 is 7.61. The van der Waals surface area contributed by atoms with Crippen molar-refractivity contribution in [2.24, 2.45) is 7.05 Å². The fourth-order valence-corrected chi connectivity index (χ4v) is 4.13. The van der Waals surface area contributed by atoms with Crippen LogP contribution in [0, 0.1) is 0 Å². The summed E-state index contributed by atoms with van der Waals surface area (Å²) in [5, 5.41) is 3.87. The van der Waals surface area contributed by atoms with Crippen molar-refractivity contribution in [3.8, 4) is 11.3 Å². The SMILES string of the molecule is CCN(CC)[C@H](CNC(=O)CSc1ncc(-c2ccccc2)n1C)c1ccco1. The first-order valence-corrected chi connectivity index (χ1v) is 10.9. The molecular weight excluding hydrogens is 384 g/mol. The molecule has 1 aromatic carbocycles. The number of hydrogen-bond donors (Lipinski definition) is 1. The van der Waals surface area contributed by atoms with Crippen molar-refractivity contribution in [1.29, 1.82) is 0 Å². The third kappa shape index (κ3) is 5.31. The molecule has 2 aromatic heterocycles. The van der Waals surface area contributed by atoms with Gasteiger partial charge in [0.25, 0.3) is 0 Å². The first kappa shape index (κ1) is 21.2. The molecule has 3 rings (SSSR count). The van der Waals surface area contributed by atoms with E-state index in [2.05, 4.69) is 41.2 Å². The van der Waals surface area contributed by atoms with Gasteiger partial charge >= 0.3 is 0 Å². The largest absolute Gasteiger partial charge is 0.468 e. The lowest BCUT2D eigenvalue weighted by Gasteiger charge is -2.28. The van der Waals surface area contributed by atoms with Gasteiger partial charge in [-0.05, 0) is 30.8 Å². The lowest BCUT2D eigenvalue weighted by atomic mass is 10.2. The van der Waals surface area contributed by atoms with E-state index < -0.39 is 0 Å². The zero-order valence-corrected chi connectivity index (χ0v) is 18.0. The number of aromatic nitrogens is 2. The molecule has 154 valence electrons. The standard InChI is InChI=1S/C22H28N4O2S/c1-4-26(5-2)19(20-12-9-13-28-20)15-23-21(27)16-29-22-24-14-18(25(22)3)17-10-7-6-8-11-17/h6-14,19H,4-5,15-16H2,1-3H3,(H,23,27)/t19-/m1/s1. The Bertz CT molecular complexity index is 889. The number of thioether (sulfide) groups is 1. The molecule has 6 nitrogen and oxygen atoms in total. The molecule has 0 saturated heterocycles. The predicted octanol–water partition coefficient (Wildman–Crippen LogP) is 3.97. The normalized spacial score (nSPS) is 12.3. The van der Waals surface area contributed by atoms with Gasteiger partial charge in [0, 0.05) is 13.6 Å². The van der Waals surface area contributed by atoms with Crippen LogP contribution in [-0.4, -0.2) is 45.7 Å². The summed E-state index contributed by atoms with van der Waals surface area (Å²) in [7, 11) is 1.98. The van der Waals surface area contributed by atoms with Crippen LogP contribution < -0.4 is 5.32 Å². The Morgan fingerprint density at radius 3 is 2.62 bits per heavy atom. The number of furan rings is 1. The second kappa shape index (κ2) is 10.3. The van der Waals surface area contributed by atoms with Crippen molar-refractivity contribution in [3.05, 3.63) is 60.7 Å². The van der Waals surface area contributed by atoms with Crippen molar-refractivity contribution in [2.45, 2.75) is 25.0 Å². The van der Waals surface area contributed by atoms with Crippen LogP contribution in [-0.2, 0) is 11.8 Å². The molecule has 1 N–H and O–H groups in total. The fraction of sp³-hybridized carbons (Fsp3) is 0.364. The van der Waals surface area contributed by atoms with Gasteiger partial charge in [-0.25, -0.2) is 4.98 Å². The van der Waals surface area contributed by atoms with Gasteiger partial charge in [-0.15, -0.1) is 0 Å². The Kier molecular flexibility index (Phi) is 7.55. The Hall–Kier alpha value is -2.51. The van der Waals surface area contributed by atoms with Crippen molar-refractivity contribution in [2.75, 3.05) is 25.4 Å². The summed E-state index contributed by atoms with van der Waals surface area (Å²) in [5.41, 5.74) is 2.15. The molecule has 0 aliphatic heterocycles. The molecule has 0 aliphatic rings. The van der Waals surface area contributed by atoms with E-state index in [4.69, 9.17) is 4.42 Å². The minimum absolute atomic E-state index is 0.0111. The summed E-state index contributed by atoms with van der Waals surface area (Å²) in [6.07, 6.45) is 3.53. The van der Waals surface area contributed by atoms with Gasteiger partial charge in [0.2, 0.25) is 5.91 Å². The molecule has 0 unspecified atom stereocenters. The third-order valence-electron chi connectivity index (χ3n) is 4.96. The monoisotopic (exact) mass is 412 g/mol. The number of carbonyl (C=O) groups is 1. The Balaban J connectivity index is 1.56. The Morgan fingerprint density at radius 1 is 1.21 bits per heavy atom. The highest BCUT2D eigenvalue weighted by Gasteiger charge is 2.21. The summed E-state index contributed by atoms with van der Waals surface area (Å²) in [6.45, 7) is 6.53. The smallest absolute Gasteiger partial charge is 0.230 e. The van der Waals surface area contributed by atoms with Crippen LogP contribution in [0.25, 0.3) is 11.3 Å². The van der Waals surface area contributed by atoms with E-state index in [9.17, 15) is 4.79 Å². The van der Waals surface area contributed by atoms with Crippen molar-refractivity contribution in [1.82, 2.24) is 19.8 Å². The molecule has 1 atom stereocenters. The third-order valence-corrected chi connectivity index (χ3v) is 6.01. The van der Waals surface area contributed by atoms with E-state index in [1.54, 1.807) is 6.26 Å². The van der Waals surface area contributed by atoms with E-state index in [1.807, 2.05) is 48.1 Å².